The number of amides is 1. The number of benzene rings is 1. The molecule has 2 aromatic rings. The number of furan rings is 1. The summed E-state index contributed by atoms with van der Waals surface area (Å²) < 4.78 is 16.2. The average molecular weight is 302 g/mol. The normalized spacial score (nSPS) is 14.2. The average Bonchev–Trinajstić information content (AvgIpc) is 3.07. The molecule has 0 saturated carbocycles. The fourth-order valence-electron chi connectivity index (χ4n) is 2.24. The Bertz CT molecular complexity index is 640. The number of carbonyl (C=O) groups is 1. The lowest BCUT2D eigenvalue weighted by Crippen LogP contribution is -2.31. The predicted molar refractivity (Wildman–Crippen MR) is 81.2 cm³/mol. The Kier molecular flexibility index (Phi) is 4.18. The molecule has 1 atom stereocenters. The van der Waals surface area contributed by atoms with Crippen LogP contribution in [0, 0.1) is 0 Å². The highest BCUT2D eigenvalue weighted by atomic mass is 16.6. The van der Waals surface area contributed by atoms with Crippen molar-refractivity contribution in [1.29, 1.82) is 0 Å². The fourth-order valence-corrected chi connectivity index (χ4v) is 2.24. The van der Waals surface area contributed by atoms with Crippen molar-refractivity contribution >= 4 is 11.6 Å². The van der Waals surface area contributed by atoms with Crippen LogP contribution in [0.3, 0.4) is 0 Å². The van der Waals surface area contributed by atoms with E-state index in [2.05, 4.69) is 10.6 Å². The molecule has 6 nitrogen and oxygen atoms in total. The van der Waals surface area contributed by atoms with E-state index in [1.54, 1.807) is 12.3 Å². The minimum Gasteiger partial charge on any atom is -0.486 e. The molecule has 22 heavy (non-hydrogen) atoms. The molecule has 1 amide bonds. The molecule has 116 valence electrons. The van der Waals surface area contributed by atoms with E-state index in [1.165, 1.54) is 0 Å². The SMILES string of the molecule is CC(NC(=O)CNc1ccc2c(c1)OCCO2)c1ccco1. The second-order valence-electron chi connectivity index (χ2n) is 5.02. The second kappa shape index (κ2) is 6.43. The Labute approximate surface area is 128 Å². The van der Waals surface area contributed by atoms with Crippen LogP contribution in [0.25, 0.3) is 0 Å². The molecule has 0 saturated heterocycles. The van der Waals surface area contributed by atoms with Crippen molar-refractivity contribution in [2.45, 2.75) is 13.0 Å². The number of nitrogens with one attached hydrogen (secondary N) is 2. The van der Waals surface area contributed by atoms with Crippen LogP contribution in [-0.2, 0) is 4.79 Å². The first kappa shape index (κ1) is 14.3. The lowest BCUT2D eigenvalue weighted by Gasteiger charge is -2.19. The zero-order valence-corrected chi connectivity index (χ0v) is 12.3. The summed E-state index contributed by atoms with van der Waals surface area (Å²) in [5.41, 5.74) is 0.810. The number of carbonyl (C=O) groups excluding carboxylic acids is 1. The van der Waals surface area contributed by atoms with E-state index in [4.69, 9.17) is 13.9 Å². The van der Waals surface area contributed by atoms with Crippen LogP contribution in [0.15, 0.2) is 41.0 Å². The number of anilines is 1. The quantitative estimate of drug-likeness (QED) is 0.887. The third-order valence-corrected chi connectivity index (χ3v) is 3.34. The van der Waals surface area contributed by atoms with E-state index in [0.29, 0.717) is 19.0 Å². The topological polar surface area (TPSA) is 72.7 Å². The van der Waals surface area contributed by atoms with Gasteiger partial charge >= 0.3 is 0 Å². The van der Waals surface area contributed by atoms with E-state index in [9.17, 15) is 4.79 Å². The minimum absolute atomic E-state index is 0.112. The summed E-state index contributed by atoms with van der Waals surface area (Å²) in [6, 6.07) is 8.99. The first-order chi connectivity index (χ1) is 10.7. The summed E-state index contributed by atoms with van der Waals surface area (Å²) in [5.74, 6) is 2.04. The first-order valence-electron chi connectivity index (χ1n) is 7.18. The van der Waals surface area contributed by atoms with Crippen LogP contribution in [0.4, 0.5) is 5.69 Å². The van der Waals surface area contributed by atoms with Gasteiger partial charge in [-0.25, -0.2) is 0 Å². The molecular formula is C16H18N2O4. The molecule has 0 radical (unpaired) electrons. The van der Waals surface area contributed by atoms with Crippen molar-refractivity contribution in [3.63, 3.8) is 0 Å². The molecule has 1 aliphatic heterocycles. The molecule has 0 aliphatic carbocycles. The molecule has 6 heteroatoms. The van der Waals surface area contributed by atoms with Gasteiger partial charge in [0.1, 0.15) is 19.0 Å². The lowest BCUT2D eigenvalue weighted by atomic mass is 10.2. The van der Waals surface area contributed by atoms with Gasteiger partial charge in [-0.1, -0.05) is 0 Å². The summed E-state index contributed by atoms with van der Waals surface area (Å²) in [6.45, 7) is 3.15. The zero-order valence-electron chi connectivity index (χ0n) is 12.3. The van der Waals surface area contributed by atoms with Crippen LogP contribution in [0.5, 0.6) is 11.5 Å². The van der Waals surface area contributed by atoms with Gasteiger partial charge in [0.25, 0.3) is 0 Å². The van der Waals surface area contributed by atoms with Crippen LogP contribution in [0.1, 0.15) is 18.7 Å². The van der Waals surface area contributed by atoms with Crippen LogP contribution >= 0.6 is 0 Å². The number of hydrogen-bond acceptors (Lipinski definition) is 5. The molecule has 0 fully saturated rings. The van der Waals surface area contributed by atoms with Gasteiger partial charge < -0.3 is 24.5 Å². The summed E-state index contributed by atoms with van der Waals surface area (Å²) in [6.07, 6.45) is 1.59. The van der Waals surface area contributed by atoms with E-state index < -0.39 is 0 Å². The molecular weight excluding hydrogens is 284 g/mol. The Morgan fingerprint density at radius 2 is 2.05 bits per heavy atom. The Morgan fingerprint density at radius 1 is 1.23 bits per heavy atom. The monoisotopic (exact) mass is 302 g/mol. The second-order valence-corrected chi connectivity index (χ2v) is 5.02. The maximum absolute atomic E-state index is 11.9. The molecule has 1 aromatic carbocycles. The Balaban J connectivity index is 1.52. The molecule has 1 unspecified atom stereocenters. The van der Waals surface area contributed by atoms with Crippen molar-refractivity contribution in [3.05, 3.63) is 42.4 Å². The molecule has 3 rings (SSSR count). The maximum atomic E-state index is 11.9. The summed E-state index contributed by atoms with van der Waals surface area (Å²) in [5, 5.41) is 5.93. The van der Waals surface area contributed by atoms with Gasteiger partial charge in [0.05, 0.1) is 18.8 Å². The minimum atomic E-state index is -0.162. The largest absolute Gasteiger partial charge is 0.486 e. The highest BCUT2D eigenvalue weighted by Gasteiger charge is 2.13. The Hall–Kier alpha value is -2.63. The first-order valence-corrected chi connectivity index (χ1v) is 7.18. The molecule has 0 spiro atoms. The van der Waals surface area contributed by atoms with Gasteiger partial charge in [-0.05, 0) is 31.2 Å². The Morgan fingerprint density at radius 3 is 2.82 bits per heavy atom. The number of hydrogen-bond donors (Lipinski definition) is 2. The highest BCUT2D eigenvalue weighted by molar-refractivity contribution is 5.81. The standard InChI is InChI=1S/C16H18N2O4/c1-11(13-3-2-6-20-13)18-16(19)10-17-12-4-5-14-15(9-12)22-8-7-21-14/h2-6,9,11,17H,7-8,10H2,1H3,(H,18,19). The van der Waals surface area contributed by atoms with Crippen molar-refractivity contribution in [2.24, 2.45) is 0 Å². The van der Waals surface area contributed by atoms with Gasteiger partial charge in [0, 0.05) is 11.8 Å². The molecule has 0 bridgehead atoms. The van der Waals surface area contributed by atoms with Crippen molar-refractivity contribution in [3.8, 4) is 11.5 Å². The summed E-state index contributed by atoms with van der Waals surface area (Å²) >= 11 is 0. The zero-order chi connectivity index (χ0) is 15.4. The summed E-state index contributed by atoms with van der Waals surface area (Å²) in [4.78, 5) is 11.9. The third kappa shape index (κ3) is 3.33. The molecule has 1 aromatic heterocycles. The fraction of sp³-hybridized carbons (Fsp3) is 0.312. The van der Waals surface area contributed by atoms with Gasteiger partial charge in [-0.3, -0.25) is 4.79 Å². The van der Waals surface area contributed by atoms with E-state index in [-0.39, 0.29) is 18.5 Å². The van der Waals surface area contributed by atoms with Crippen LogP contribution < -0.4 is 20.1 Å². The van der Waals surface area contributed by atoms with Gasteiger partial charge in [0.15, 0.2) is 11.5 Å². The number of rotatable bonds is 5. The molecule has 2 heterocycles. The lowest BCUT2D eigenvalue weighted by molar-refractivity contribution is -0.120. The van der Waals surface area contributed by atoms with Crippen molar-refractivity contribution in [2.75, 3.05) is 25.1 Å². The van der Waals surface area contributed by atoms with Crippen molar-refractivity contribution < 1.29 is 18.7 Å². The van der Waals surface area contributed by atoms with Crippen LogP contribution in [-0.4, -0.2) is 25.7 Å². The van der Waals surface area contributed by atoms with E-state index in [0.717, 1.165) is 17.2 Å². The van der Waals surface area contributed by atoms with Crippen molar-refractivity contribution in [1.82, 2.24) is 5.32 Å². The van der Waals surface area contributed by atoms with Gasteiger partial charge in [0.2, 0.25) is 5.91 Å². The van der Waals surface area contributed by atoms with Crippen LogP contribution in [0.2, 0.25) is 0 Å². The van der Waals surface area contributed by atoms with E-state index >= 15 is 0 Å². The number of fused-ring (bicyclic) bond motifs is 1. The maximum Gasteiger partial charge on any atom is 0.239 e. The third-order valence-electron chi connectivity index (χ3n) is 3.34. The number of ether oxygens (including phenoxy) is 2. The molecule has 2 N–H and O–H groups in total. The van der Waals surface area contributed by atoms with Gasteiger partial charge in [-0.15, -0.1) is 0 Å². The smallest absolute Gasteiger partial charge is 0.239 e. The molecule has 1 aliphatic rings. The highest BCUT2D eigenvalue weighted by Crippen LogP contribution is 2.32. The van der Waals surface area contributed by atoms with E-state index in [1.807, 2.05) is 31.2 Å². The van der Waals surface area contributed by atoms with Gasteiger partial charge in [-0.2, -0.15) is 0 Å². The summed E-state index contributed by atoms with van der Waals surface area (Å²) in [7, 11) is 0. The predicted octanol–water partition coefficient (Wildman–Crippen LogP) is 2.34.